The first-order valence-electron chi connectivity index (χ1n) is 11.0. The molecule has 1 N–H and O–H groups in total. The maximum Gasteiger partial charge on any atom is 0.490 e. The molecule has 1 aromatic carbocycles. The topological polar surface area (TPSA) is 81.2 Å². The lowest BCUT2D eigenvalue weighted by Crippen LogP contribution is -2.49. The van der Waals surface area contributed by atoms with E-state index in [1.807, 2.05) is 23.9 Å². The maximum atomic E-state index is 13.4. The van der Waals surface area contributed by atoms with Gasteiger partial charge in [-0.25, -0.2) is 13.2 Å². The zero-order chi connectivity index (χ0) is 26.7. The number of hydrogen-bond acceptors (Lipinski definition) is 6. The molecule has 2 saturated heterocycles. The molecule has 2 heterocycles. The monoisotopic (exact) mass is 667 g/mol. The quantitative estimate of drug-likeness (QED) is 0.490. The van der Waals surface area contributed by atoms with Crippen LogP contribution in [-0.2, 0) is 14.8 Å². The fourth-order valence-corrected chi connectivity index (χ4v) is 9.54. The minimum absolute atomic E-state index is 0.299. The third-order valence-electron chi connectivity index (χ3n) is 5.62. The Labute approximate surface area is 225 Å². The Kier molecular flexibility index (Phi) is 10.8. The summed E-state index contributed by atoms with van der Waals surface area (Å²) in [5.74, 6) is -2.76. The fourth-order valence-electron chi connectivity index (χ4n) is 3.93. The molecule has 0 amide bonds. The summed E-state index contributed by atoms with van der Waals surface area (Å²) in [7, 11) is -3.56. The summed E-state index contributed by atoms with van der Waals surface area (Å²) in [6, 6.07) is 4.46. The van der Waals surface area contributed by atoms with Crippen LogP contribution in [-0.4, -0.2) is 90.7 Å². The molecule has 2 aliphatic heterocycles. The first kappa shape index (κ1) is 30.7. The highest BCUT2D eigenvalue weighted by atomic mass is 79.9. The van der Waals surface area contributed by atoms with Gasteiger partial charge in [0.2, 0.25) is 10.0 Å². The number of carboxylic acid groups (broad SMARTS) is 1. The number of nitrogens with zero attached hydrogens (tertiary/aromatic N) is 3. The highest BCUT2D eigenvalue weighted by Crippen LogP contribution is 2.38. The van der Waals surface area contributed by atoms with E-state index in [4.69, 9.17) is 9.90 Å². The van der Waals surface area contributed by atoms with Gasteiger partial charge in [-0.2, -0.15) is 29.2 Å². The highest BCUT2D eigenvalue weighted by molar-refractivity contribution is 9.11. The van der Waals surface area contributed by atoms with Gasteiger partial charge >= 0.3 is 12.1 Å². The minimum atomic E-state index is -5.08. The second kappa shape index (κ2) is 12.3. The molecule has 0 radical (unpaired) electrons. The van der Waals surface area contributed by atoms with Gasteiger partial charge < -0.3 is 10.0 Å². The van der Waals surface area contributed by atoms with E-state index in [9.17, 15) is 21.6 Å². The Balaban J connectivity index is 0.000000540. The summed E-state index contributed by atoms with van der Waals surface area (Å²) in [6.07, 6.45) is -5.08. The summed E-state index contributed by atoms with van der Waals surface area (Å²) >= 11 is 8.96. The molecule has 0 aromatic heterocycles. The van der Waals surface area contributed by atoms with Gasteiger partial charge in [0, 0.05) is 70.4 Å². The van der Waals surface area contributed by atoms with Gasteiger partial charge in [0.05, 0.1) is 0 Å². The number of rotatable bonds is 4. The van der Waals surface area contributed by atoms with E-state index in [0.717, 1.165) is 31.9 Å². The lowest BCUT2D eigenvalue weighted by atomic mass is 10.2. The minimum Gasteiger partial charge on any atom is -0.475 e. The van der Waals surface area contributed by atoms with Crippen molar-refractivity contribution in [2.24, 2.45) is 0 Å². The molecule has 2 unspecified atom stereocenters. The Morgan fingerprint density at radius 3 is 1.86 bits per heavy atom. The Morgan fingerprint density at radius 2 is 1.49 bits per heavy atom. The van der Waals surface area contributed by atoms with Crippen LogP contribution in [0.2, 0.25) is 0 Å². The molecule has 2 atom stereocenters. The van der Waals surface area contributed by atoms with Crippen LogP contribution >= 0.6 is 43.6 Å². The normalized spacial score (nSPS) is 22.6. The van der Waals surface area contributed by atoms with Crippen molar-refractivity contribution in [2.45, 2.75) is 55.3 Å². The number of carbonyl (C=O) groups is 1. The van der Waals surface area contributed by atoms with E-state index < -0.39 is 22.2 Å². The van der Waals surface area contributed by atoms with Crippen molar-refractivity contribution in [3.05, 3.63) is 21.1 Å². The highest BCUT2D eigenvalue weighted by Gasteiger charge is 2.38. The number of piperazine rings is 1. The summed E-state index contributed by atoms with van der Waals surface area (Å²) in [5, 5.41) is 7.72. The molecular weight excluding hydrogens is 639 g/mol. The molecular formula is C21H30Br2F3N3O4S2. The van der Waals surface area contributed by atoms with Gasteiger partial charge in [0.25, 0.3) is 0 Å². The third kappa shape index (κ3) is 8.22. The van der Waals surface area contributed by atoms with Crippen molar-refractivity contribution in [3.63, 3.8) is 0 Å². The smallest absolute Gasteiger partial charge is 0.475 e. The van der Waals surface area contributed by atoms with Crippen LogP contribution in [0.5, 0.6) is 0 Å². The number of halogens is 5. The third-order valence-corrected chi connectivity index (χ3v) is 10.6. The van der Waals surface area contributed by atoms with Crippen molar-refractivity contribution < 1.29 is 31.5 Å². The summed E-state index contributed by atoms with van der Waals surface area (Å²) in [6.45, 7) is 13.7. The number of alkyl halides is 3. The maximum absolute atomic E-state index is 13.4. The molecule has 0 aliphatic carbocycles. The molecule has 14 heteroatoms. The SMILES string of the molecule is CC1CN(S(=O)(=O)c2c(Br)cc(N3CCN(C(C)C)CC3)cc2Br)CC(C)S1.O=C(O)C(F)(F)F. The summed E-state index contributed by atoms with van der Waals surface area (Å²) in [5.41, 5.74) is 1.05. The summed E-state index contributed by atoms with van der Waals surface area (Å²) in [4.78, 5) is 14.0. The van der Waals surface area contributed by atoms with Gasteiger partial charge in [-0.05, 0) is 57.8 Å². The van der Waals surface area contributed by atoms with Crippen molar-refractivity contribution in [1.29, 1.82) is 0 Å². The molecule has 3 rings (SSSR count). The number of thioether (sulfide) groups is 1. The standard InChI is InChI=1S/C19H29Br2N3O2S2.C2HF3O2/c1-13(2)22-5-7-23(8-6-22)16-9-17(20)19(18(21)10-16)28(25,26)24-11-14(3)27-15(4)12-24;3-2(4,5)1(6)7/h9-10,13-15H,5-8,11-12H2,1-4H3;(H,6,7). The predicted octanol–water partition coefficient (Wildman–Crippen LogP) is 4.89. The van der Waals surface area contributed by atoms with Crippen molar-refractivity contribution in [2.75, 3.05) is 44.2 Å². The number of anilines is 1. The predicted molar refractivity (Wildman–Crippen MR) is 140 cm³/mol. The van der Waals surface area contributed by atoms with E-state index in [1.54, 1.807) is 4.31 Å². The average Bonchev–Trinajstić information content (AvgIpc) is 2.72. The molecule has 0 spiro atoms. The van der Waals surface area contributed by atoms with Gasteiger partial charge in [0.1, 0.15) is 4.90 Å². The van der Waals surface area contributed by atoms with Gasteiger partial charge in [-0.15, -0.1) is 0 Å². The lowest BCUT2D eigenvalue weighted by molar-refractivity contribution is -0.192. The van der Waals surface area contributed by atoms with E-state index in [2.05, 4.69) is 69.4 Å². The van der Waals surface area contributed by atoms with Crippen LogP contribution in [0.25, 0.3) is 0 Å². The van der Waals surface area contributed by atoms with Crippen molar-refractivity contribution >= 4 is 65.3 Å². The zero-order valence-corrected chi connectivity index (χ0v) is 24.7. The average molecular weight is 669 g/mol. The van der Waals surface area contributed by atoms with Crippen molar-refractivity contribution in [3.8, 4) is 0 Å². The van der Waals surface area contributed by atoms with Gasteiger partial charge in [-0.1, -0.05) is 13.8 Å². The molecule has 2 aliphatic rings. The summed E-state index contributed by atoms with van der Waals surface area (Å²) < 4.78 is 61.3. The molecule has 200 valence electrons. The Hall–Kier alpha value is -0.540. The molecule has 2 fully saturated rings. The van der Waals surface area contributed by atoms with E-state index in [0.29, 0.717) is 43.5 Å². The van der Waals surface area contributed by atoms with Crippen LogP contribution in [0.3, 0.4) is 0 Å². The van der Waals surface area contributed by atoms with Crippen LogP contribution in [0, 0.1) is 0 Å². The van der Waals surface area contributed by atoms with Gasteiger partial charge in [-0.3, -0.25) is 4.90 Å². The van der Waals surface area contributed by atoms with Crippen LogP contribution in [0.1, 0.15) is 27.7 Å². The number of carboxylic acids is 1. The second-order valence-electron chi connectivity index (χ2n) is 8.74. The first-order chi connectivity index (χ1) is 16.0. The van der Waals surface area contributed by atoms with E-state index >= 15 is 0 Å². The molecule has 7 nitrogen and oxygen atoms in total. The number of benzene rings is 1. The van der Waals surface area contributed by atoms with E-state index in [-0.39, 0.29) is 0 Å². The fraction of sp³-hybridized carbons (Fsp3) is 0.667. The van der Waals surface area contributed by atoms with Gasteiger partial charge in [0.15, 0.2) is 0 Å². The number of hydrogen-bond donors (Lipinski definition) is 1. The van der Waals surface area contributed by atoms with Crippen LogP contribution < -0.4 is 4.90 Å². The van der Waals surface area contributed by atoms with Crippen LogP contribution in [0.15, 0.2) is 26.0 Å². The Bertz CT molecular complexity index is 971. The first-order valence-corrected chi connectivity index (χ1v) is 14.9. The zero-order valence-electron chi connectivity index (χ0n) is 19.8. The molecule has 1 aromatic rings. The largest absolute Gasteiger partial charge is 0.490 e. The number of sulfonamides is 1. The van der Waals surface area contributed by atoms with Crippen LogP contribution in [0.4, 0.5) is 18.9 Å². The lowest BCUT2D eigenvalue weighted by Gasteiger charge is -2.38. The molecule has 0 saturated carbocycles. The second-order valence-corrected chi connectivity index (χ2v) is 14.2. The number of aliphatic carboxylic acids is 1. The Morgan fingerprint density at radius 1 is 1.06 bits per heavy atom. The molecule has 0 bridgehead atoms. The van der Waals surface area contributed by atoms with Crippen molar-refractivity contribution in [1.82, 2.24) is 9.21 Å². The molecule has 35 heavy (non-hydrogen) atoms. The van der Waals surface area contributed by atoms with E-state index in [1.165, 1.54) is 0 Å².